The molecular formula is C16H33N. The van der Waals surface area contributed by atoms with E-state index in [1.807, 2.05) is 0 Å². The van der Waals surface area contributed by atoms with Crippen LogP contribution in [-0.4, -0.2) is 12.6 Å². The van der Waals surface area contributed by atoms with Gasteiger partial charge in [-0.05, 0) is 43.6 Å². The van der Waals surface area contributed by atoms with Gasteiger partial charge in [-0.3, -0.25) is 0 Å². The fourth-order valence-corrected chi connectivity index (χ4v) is 3.08. The molecule has 4 atom stereocenters. The van der Waals surface area contributed by atoms with E-state index in [2.05, 4.69) is 33.0 Å². The average Bonchev–Trinajstić information content (AvgIpc) is 2.33. The highest BCUT2D eigenvalue weighted by Gasteiger charge is 2.25. The number of rotatable bonds is 7. The summed E-state index contributed by atoms with van der Waals surface area (Å²) in [6.07, 6.45) is 9.74. The Balaban J connectivity index is 2.26. The third kappa shape index (κ3) is 5.42. The van der Waals surface area contributed by atoms with Crippen molar-refractivity contribution in [3.63, 3.8) is 0 Å². The first-order valence-corrected chi connectivity index (χ1v) is 7.90. The Labute approximate surface area is 109 Å². The second-order valence-electron chi connectivity index (χ2n) is 6.33. The van der Waals surface area contributed by atoms with Gasteiger partial charge in [-0.1, -0.05) is 53.4 Å². The summed E-state index contributed by atoms with van der Waals surface area (Å²) in [4.78, 5) is 0. The van der Waals surface area contributed by atoms with Crippen molar-refractivity contribution in [1.29, 1.82) is 0 Å². The van der Waals surface area contributed by atoms with Crippen LogP contribution in [0.15, 0.2) is 0 Å². The molecule has 0 aromatic heterocycles. The fourth-order valence-electron chi connectivity index (χ4n) is 3.08. The molecule has 0 aliphatic heterocycles. The van der Waals surface area contributed by atoms with Crippen LogP contribution in [-0.2, 0) is 0 Å². The predicted octanol–water partition coefficient (Wildman–Crippen LogP) is 4.62. The van der Waals surface area contributed by atoms with E-state index in [9.17, 15) is 0 Å². The number of hydrogen-bond acceptors (Lipinski definition) is 1. The Hall–Kier alpha value is -0.0400. The van der Waals surface area contributed by atoms with Gasteiger partial charge in [-0.15, -0.1) is 0 Å². The zero-order chi connectivity index (χ0) is 12.7. The highest BCUT2D eigenvalue weighted by Crippen LogP contribution is 2.28. The molecule has 1 nitrogen and oxygen atoms in total. The van der Waals surface area contributed by atoms with Gasteiger partial charge >= 0.3 is 0 Å². The molecular weight excluding hydrogens is 206 g/mol. The van der Waals surface area contributed by atoms with Crippen molar-refractivity contribution in [3.8, 4) is 0 Å². The fraction of sp³-hybridized carbons (Fsp3) is 1.00. The monoisotopic (exact) mass is 239 g/mol. The quantitative estimate of drug-likeness (QED) is 0.683. The molecule has 1 saturated carbocycles. The maximum absolute atomic E-state index is 3.86. The Morgan fingerprint density at radius 1 is 1.18 bits per heavy atom. The first-order chi connectivity index (χ1) is 8.17. The van der Waals surface area contributed by atoms with Gasteiger partial charge in [-0.2, -0.15) is 0 Å². The molecule has 1 aliphatic rings. The van der Waals surface area contributed by atoms with Gasteiger partial charge < -0.3 is 5.32 Å². The van der Waals surface area contributed by atoms with E-state index in [0.717, 1.165) is 23.8 Å². The van der Waals surface area contributed by atoms with E-state index in [-0.39, 0.29) is 0 Å². The summed E-state index contributed by atoms with van der Waals surface area (Å²) in [6.45, 7) is 10.7. The zero-order valence-corrected chi connectivity index (χ0v) is 12.5. The van der Waals surface area contributed by atoms with Gasteiger partial charge in [0, 0.05) is 6.04 Å². The van der Waals surface area contributed by atoms with E-state index < -0.39 is 0 Å². The third-order valence-electron chi connectivity index (χ3n) is 4.67. The highest BCUT2D eigenvalue weighted by molar-refractivity contribution is 4.81. The highest BCUT2D eigenvalue weighted by atomic mass is 14.9. The van der Waals surface area contributed by atoms with Crippen LogP contribution in [0.5, 0.6) is 0 Å². The number of hydrogen-bond donors (Lipinski definition) is 1. The van der Waals surface area contributed by atoms with E-state index >= 15 is 0 Å². The molecule has 0 amide bonds. The molecule has 4 unspecified atom stereocenters. The molecule has 0 aromatic rings. The normalized spacial score (nSPS) is 31.4. The molecule has 17 heavy (non-hydrogen) atoms. The number of nitrogens with one attached hydrogen (secondary N) is 1. The Morgan fingerprint density at radius 2 is 1.94 bits per heavy atom. The molecule has 1 rings (SSSR count). The first kappa shape index (κ1) is 15.0. The third-order valence-corrected chi connectivity index (χ3v) is 4.67. The Bertz CT molecular complexity index is 190. The molecule has 1 aliphatic carbocycles. The minimum atomic E-state index is 0.787. The van der Waals surface area contributed by atoms with Crippen molar-refractivity contribution in [2.45, 2.75) is 78.7 Å². The van der Waals surface area contributed by atoms with E-state index in [4.69, 9.17) is 0 Å². The SMILES string of the molecule is CCCCC(CC)CNC1CC(C)CCC1C. The van der Waals surface area contributed by atoms with Gasteiger partial charge in [0.25, 0.3) is 0 Å². The maximum Gasteiger partial charge on any atom is 0.00953 e. The standard InChI is InChI=1S/C16H33N/c1-5-7-8-15(6-2)12-17-16-11-13(3)9-10-14(16)4/h13-17H,5-12H2,1-4H3. The van der Waals surface area contributed by atoms with Crippen LogP contribution in [0, 0.1) is 17.8 Å². The summed E-state index contributed by atoms with van der Waals surface area (Å²) >= 11 is 0. The van der Waals surface area contributed by atoms with Crippen molar-refractivity contribution in [3.05, 3.63) is 0 Å². The lowest BCUT2D eigenvalue weighted by Gasteiger charge is -2.34. The summed E-state index contributed by atoms with van der Waals surface area (Å²) in [5.41, 5.74) is 0. The van der Waals surface area contributed by atoms with Crippen molar-refractivity contribution >= 4 is 0 Å². The summed E-state index contributed by atoms with van der Waals surface area (Å²) in [6, 6.07) is 0.787. The molecule has 1 N–H and O–H groups in total. The average molecular weight is 239 g/mol. The van der Waals surface area contributed by atoms with Gasteiger partial charge in [0.05, 0.1) is 0 Å². The second kappa shape index (κ2) is 8.13. The molecule has 0 aromatic carbocycles. The largest absolute Gasteiger partial charge is 0.313 e. The van der Waals surface area contributed by atoms with Crippen LogP contribution < -0.4 is 5.32 Å². The maximum atomic E-state index is 3.86. The summed E-state index contributed by atoms with van der Waals surface area (Å²) in [5, 5.41) is 3.86. The predicted molar refractivity (Wildman–Crippen MR) is 77.3 cm³/mol. The Kier molecular flexibility index (Phi) is 7.18. The van der Waals surface area contributed by atoms with Gasteiger partial charge in [-0.25, -0.2) is 0 Å². The zero-order valence-electron chi connectivity index (χ0n) is 12.5. The lowest BCUT2D eigenvalue weighted by atomic mass is 9.80. The van der Waals surface area contributed by atoms with Crippen molar-refractivity contribution in [2.24, 2.45) is 17.8 Å². The molecule has 1 fully saturated rings. The van der Waals surface area contributed by atoms with E-state index in [1.54, 1.807) is 0 Å². The molecule has 0 spiro atoms. The summed E-state index contributed by atoms with van der Waals surface area (Å²) in [7, 11) is 0. The molecule has 0 heterocycles. The minimum Gasteiger partial charge on any atom is -0.313 e. The van der Waals surface area contributed by atoms with Crippen LogP contribution >= 0.6 is 0 Å². The van der Waals surface area contributed by atoms with Crippen LogP contribution in [0.25, 0.3) is 0 Å². The smallest absolute Gasteiger partial charge is 0.00953 e. The summed E-state index contributed by atoms with van der Waals surface area (Å²) in [5.74, 6) is 2.72. The van der Waals surface area contributed by atoms with Gasteiger partial charge in [0.15, 0.2) is 0 Å². The van der Waals surface area contributed by atoms with Crippen molar-refractivity contribution in [1.82, 2.24) is 5.32 Å². The molecule has 0 bridgehead atoms. The van der Waals surface area contributed by atoms with Gasteiger partial charge in [0.2, 0.25) is 0 Å². The van der Waals surface area contributed by atoms with E-state index in [0.29, 0.717) is 0 Å². The van der Waals surface area contributed by atoms with E-state index in [1.165, 1.54) is 51.5 Å². The lowest BCUT2D eigenvalue weighted by Crippen LogP contribution is -2.41. The van der Waals surface area contributed by atoms with Crippen LogP contribution in [0.4, 0.5) is 0 Å². The van der Waals surface area contributed by atoms with Gasteiger partial charge in [0.1, 0.15) is 0 Å². The second-order valence-corrected chi connectivity index (χ2v) is 6.33. The van der Waals surface area contributed by atoms with Crippen LogP contribution in [0.1, 0.15) is 72.6 Å². The van der Waals surface area contributed by atoms with Crippen molar-refractivity contribution < 1.29 is 0 Å². The minimum absolute atomic E-state index is 0.787. The molecule has 102 valence electrons. The van der Waals surface area contributed by atoms with Crippen LogP contribution in [0.3, 0.4) is 0 Å². The Morgan fingerprint density at radius 3 is 2.59 bits per heavy atom. The molecule has 0 radical (unpaired) electrons. The number of unbranched alkanes of at least 4 members (excludes halogenated alkanes) is 1. The molecule has 0 saturated heterocycles. The lowest BCUT2D eigenvalue weighted by molar-refractivity contribution is 0.218. The van der Waals surface area contributed by atoms with Crippen molar-refractivity contribution in [2.75, 3.05) is 6.54 Å². The van der Waals surface area contributed by atoms with Crippen LogP contribution in [0.2, 0.25) is 0 Å². The first-order valence-electron chi connectivity index (χ1n) is 7.90. The summed E-state index contributed by atoms with van der Waals surface area (Å²) < 4.78 is 0. The molecule has 1 heteroatoms. The topological polar surface area (TPSA) is 12.0 Å².